The molecular weight excluding hydrogens is 462 g/mol. The minimum Gasteiger partial charge on any atom is -0.349 e. The van der Waals surface area contributed by atoms with E-state index in [1.165, 1.54) is 12.1 Å². The van der Waals surface area contributed by atoms with Gasteiger partial charge in [-0.25, -0.2) is 4.39 Å². The van der Waals surface area contributed by atoms with E-state index < -0.39 is 0 Å². The van der Waals surface area contributed by atoms with Crippen molar-refractivity contribution in [3.05, 3.63) is 59.5 Å². The first-order valence-corrected chi connectivity index (χ1v) is 10.7. The van der Waals surface area contributed by atoms with E-state index in [0.717, 1.165) is 47.7 Å². The first kappa shape index (κ1) is 26.7. The number of benzene rings is 2. The SMILES string of the molecule is Cl.Cl.NCCCC(N)CNC(=O)c1[nH]c2cc(-c3ccc(F)cc3)ccc2c1C#CC1CC1. The van der Waals surface area contributed by atoms with Crippen molar-refractivity contribution in [2.24, 2.45) is 17.4 Å². The second kappa shape index (κ2) is 12.1. The topological polar surface area (TPSA) is 96.9 Å². The summed E-state index contributed by atoms with van der Waals surface area (Å²) < 4.78 is 13.3. The number of nitrogens with one attached hydrogen (secondary N) is 2. The lowest BCUT2D eigenvalue weighted by molar-refractivity contribution is 0.0946. The molecule has 1 aromatic heterocycles. The molecule has 2 aromatic carbocycles. The Morgan fingerprint density at radius 1 is 1.15 bits per heavy atom. The molecule has 3 aromatic rings. The predicted molar refractivity (Wildman–Crippen MR) is 136 cm³/mol. The zero-order chi connectivity index (χ0) is 21.8. The zero-order valence-electron chi connectivity index (χ0n) is 18.2. The fourth-order valence-corrected chi connectivity index (χ4v) is 3.52. The number of nitrogens with two attached hydrogens (primary N) is 2. The van der Waals surface area contributed by atoms with Crippen molar-refractivity contribution >= 4 is 41.6 Å². The van der Waals surface area contributed by atoms with E-state index in [1.54, 1.807) is 12.1 Å². The molecule has 0 radical (unpaired) electrons. The Morgan fingerprint density at radius 2 is 1.85 bits per heavy atom. The minimum atomic E-state index is -0.272. The normalized spacial score (nSPS) is 13.3. The maximum absolute atomic E-state index is 13.3. The van der Waals surface area contributed by atoms with Gasteiger partial charge in [-0.1, -0.05) is 36.1 Å². The van der Waals surface area contributed by atoms with Crippen LogP contribution in [-0.2, 0) is 0 Å². The van der Waals surface area contributed by atoms with Crippen molar-refractivity contribution in [2.45, 2.75) is 31.7 Å². The number of carbonyl (C=O) groups is 1. The maximum Gasteiger partial charge on any atom is 0.269 e. The molecule has 1 fully saturated rings. The summed E-state index contributed by atoms with van der Waals surface area (Å²) in [6, 6.07) is 12.1. The molecule has 1 unspecified atom stereocenters. The van der Waals surface area contributed by atoms with Gasteiger partial charge < -0.3 is 21.8 Å². The number of aromatic nitrogens is 1. The van der Waals surface area contributed by atoms with Crippen LogP contribution in [-0.4, -0.2) is 30.0 Å². The molecule has 5 nitrogen and oxygen atoms in total. The van der Waals surface area contributed by atoms with Crippen molar-refractivity contribution in [1.29, 1.82) is 0 Å². The fourth-order valence-electron chi connectivity index (χ4n) is 3.52. The number of carbonyl (C=O) groups excluding carboxylic acids is 1. The standard InChI is InChI=1S/C25H27FN4O.2ClH/c26-19-9-6-17(7-10-19)18-8-12-21-22(11-5-16-3-4-16)24(30-23(21)14-18)25(31)29-15-20(28)2-1-13-27;;/h6-10,12,14,16,20,30H,1-4,13,15,27-28H2,(H,29,31);2*1H. The third-order valence-electron chi connectivity index (χ3n) is 5.49. The summed E-state index contributed by atoms with van der Waals surface area (Å²) in [4.78, 5) is 16.2. The third-order valence-corrected chi connectivity index (χ3v) is 5.49. The van der Waals surface area contributed by atoms with E-state index in [4.69, 9.17) is 11.5 Å². The Kier molecular flexibility index (Phi) is 9.75. The molecule has 176 valence electrons. The Morgan fingerprint density at radius 3 is 2.52 bits per heavy atom. The number of amides is 1. The summed E-state index contributed by atoms with van der Waals surface area (Å²) in [5, 5.41) is 3.82. The molecule has 0 aliphatic heterocycles. The van der Waals surface area contributed by atoms with E-state index in [-0.39, 0.29) is 42.6 Å². The van der Waals surface area contributed by atoms with Crippen molar-refractivity contribution < 1.29 is 9.18 Å². The number of halogens is 3. The van der Waals surface area contributed by atoms with Crippen LogP contribution in [0.3, 0.4) is 0 Å². The predicted octanol–water partition coefficient (Wildman–Crippen LogP) is 4.38. The quantitative estimate of drug-likeness (QED) is 0.370. The molecule has 0 saturated heterocycles. The average molecular weight is 491 g/mol. The van der Waals surface area contributed by atoms with Crippen molar-refractivity contribution in [1.82, 2.24) is 10.3 Å². The third kappa shape index (κ3) is 6.72. The van der Waals surface area contributed by atoms with Crippen LogP contribution in [0.15, 0.2) is 42.5 Å². The summed E-state index contributed by atoms with van der Waals surface area (Å²) in [5.74, 6) is 6.42. The van der Waals surface area contributed by atoms with Gasteiger partial charge in [0.2, 0.25) is 0 Å². The Bertz CT molecular complexity index is 1150. The lowest BCUT2D eigenvalue weighted by Crippen LogP contribution is -2.37. The van der Waals surface area contributed by atoms with Gasteiger partial charge in [-0.2, -0.15) is 0 Å². The monoisotopic (exact) mass is 490 g/mol. The van der Waals surface area contributed by atoms with E-state index in [0.29, 0.717) is 30.3 Å². The average Bonchev–Trinajstić information content (AvgIpc) is 3.54. The van der Waals surface area contributed by atoms with Crippen LogP contribution in [0.25, 0.3) is 22.0 Å². The molecule has 1 aliphatic rings. The number of aromatic amines is 1. The van der Waals surface area contributed by atoms with Gasteiger partial charge in [0, 0.05) is 29.4 Å². The van der Waals surface area contributed by atoms with Gasteiger partial charge in [0.1, 0.15) is 11.5 Å². The molecule has 6 N–H and O–H groups in total. The molecule has 1 aliphatic carbocycles. The van der Waals surface area contributed by atoms with Gasteiger partial charge in [-0.15, -0.1) is 24.8 Å². The van der Waals surface area contributed by atoms with Gasteiger partial charge in [0.05, 0.1) is 5.56 Å². The first-order valence-electron chi connectivity index (χ1n) is 10.7. The van der Waals surface area contributed by atoms with Crippen LogP contribution in [0.1, 0.15) is 41.7 Å². The number of fused-ring (bicyclic) bond motifs is 1. The molecule has 0 bridgehead atoms. The zero-order valence-corrected chi connectivity index (χ0v) is 19.8. The van der Waals surface area contributed by atoms with Crippen LogP contribution in [0.4, 0.5) is 4.39 Å². The summed E-state index contributed by atoms with van der Waals surface area (Å²) >= 11 is 0. The number of hydrogen-bond donors (Lipinski definition) is 4. The fraction of sp³-hybridized carbons (Fsp3) is 0.320. The second-order valence-corrected chi connectivity index (χ2v) is 8.09. The largest absolute Gasteiger partial charge is 0.349 e. The molecule has 1 amide bonds. The molecule has 33 heavy (non-hydrogen) atoms. The lowest BCUT2D eigenvalue weighted by Gasteiger charge is -2.11. The first-order chi connectivity index (χ1) is 15.0. The molecule has 8 heteroatoms. The van der Waals surface area contributed by atoms with Crippen molar-refractivity contribution in [3.8, 4) is 23.0 Å². The highest BCUT2D eigenvalue weighted by atomic mass is 35.5. The summed E-state index contributed by atoms with van der Waals surface area (Å²) in [7, 11) is 0. The van der Waals surface area contributed by atoms with Crippen LogP contribution < -0.4 is 16.8 Å². The van der Waals surface area contributed by atoms with Gasteiger partial charge >= 0.3 is 0 Å². The van der Waals surface area contributed by atoms with Crippen LogP contribution in [0, 0.1) is 23.6 Å². The number of hydrogen-bond acceptors (Lipinski definition) is 3. The molecule has 4 rings (SSSR count). The second-order valence-electron chi connectivity index (χ2n) is 8.09. The van der Waals surface area contributed by atoms with Gasteiger partial charge in [-0.3, -0.25) is 4.79 Å². The molecule has 1 atom stereocenters. The van der Waals surface area contributed by atoms with E-state index in [2.05, 4.69) is 22.1 Å². The van der Waals surface area contributed by atoms with E-state index in [1.807, 2.05) is 18.2 Å². The van der Waals surface area contributed by atoms with E-state index in [9.17, 15) is 9.18 Å². The maximum atomic E-state index is 13.3. The Labute approximate surface area is 205 Å². The molecule has 1 heterocycles. The highest BCUT2D eigenvalue weighted by Crippen LogP contribution is 2.30. The van der Waals surface area contributed by atoms with Crippen LogP contribution in [0.2, 0.25) is 0 Å². The molecule has 1 saturated carbocycles. The molecule has 0 spiro atoms. The highest BCUT2D eigenvalue weighted by molar-refractivity contribution is 6.03. The molecular formula is C25H29Cl2FN4O. The van der Waals surface area contributed by atoms with Crippen molar-refractivity contribution in [2.75, 3.05) is 13.1 Å². The summed E-state index contributed by atoms with van der Waals surface area (Å²) in [6.45, 7) is 0.964. The number of H-pyrrole nitrogens is 1. The summed E-state index contributed by atoms with van der Waals surface area (Å²) in [6.07, 6.45) is 3.82. The van der Waals surface area contributed by atoms with Gasteiger partial charge in [-0.05, 0) is 61.6 Å². The van der Waals surface area contributed by atoms with Crippen molar-refractivity contribution in [3.63, 3.8) is 0 Å². The minimum absolute atomic E-state index is 0. The van der Waals surface area contributed by atoms with Gasteiger partial charge in [0.15, 0.2) is 0 Å². The smallest absolute Gasteiger partial charge is 0.269 e. The van der Waals surface area contributed by atoms with Gasteiger partial charge in [0.25, 0.3) is 5.91 Å². The number of rotatable bonds is 7. The van der Waals surface area contributed by atoms with E-state index >= 15 is 0 Å². The summed E-state index contributed by atoms with van der Waals surface area (Å²) in [5.41, 5.74) is 15.4. The Balaban J connectivity index is 0.00000193. The Hall–Kier alpha value is -2.56. The lowest BCUT2D eigenvalue weighted by atomic mass is 10.0. The van der Waals surface area contributed by atoms with Crippen LogP contribution in [0.5, 0.6) is 0 Å². The van der Waals surface area contributed by atoms with Crippen LogP contribution >= 0.6 is 24.8 Å². The highest BCUT2D eigenvalue weighted by Gasteiger charge is 2.21.